The van der Waals surface area contributed by atoms with Gasteiger partial charge in [0, 0.05) is 5.39 Å². The van der Waals surface area contributed by atoms with Crippen LogP contribution in [0.4, 0.5) is 4.39 Å². The zero-order valence-electron chi connectivity index (χ0n) is 7.85. The number of rotatable bonds is 1. The smallest absolute Gasteiger partial charge is 0.138 e. The van der Waals surface area contributed by atoms with Crippen molar-refractivity contribution in [3.63, 3.8) is 0 Å². The molecule has 0 heterocycles. The topological polar surface area (TPSA) is 0 Å². The van der Waals surface area contributed by atoms with Crippen molar-refractivity contribution in [2.75, 3.05) is 0 Å². The van der Waals surface area contributed by atoms with E-state index in [9.17, 15) is 4.39 Å². The summed E-state index contributed by atoms with van der Waals surface area (Å²) in [5, 5.41) is 2.08. The zero-order valence-corrected chi connectivity index (χ0v) is 9.44. The summed E-state index contributed by atoms with van der Waals surface area (Å²) >= 11 is 3.30. The fraction of sp³-hybridized carbons (Fsp3) is 0.167. The number of aryl methyl sites for hydroxylation is 1. The van der Waals surface area contributed by atoms with Crippen LogP contribution in [0.3, 0.4) is 0 Å². The fourth-order valence-electron chi connectivity index (χ4n) is 1.68. The lowest BCUT2D eigenvalue weighted by Gasteiger charge is -2.06. The van der Waals surface area contributed by atoms with E-state index in [1.54, 1.807) is 0 Å². The van der Waals surface area contributed by atoms with Crippen molar-refractivity contribution in [3.8, 4) is 0 Å². The van der Waals surface area contributed by atoms with Crippen LogP contribution >= 0.6 is 15.9 Å². The average Bonchev–Trinajstić information content (AvgIpc) is 2.23. The van der Waals surface area contributed by atoms with Gasteiger partial charge in [0.05, 0.1) is 4.47 Å². The molecule has 0 N–H and O–H groups in total. The first-order valence-corrected chi connectivity index (χ1v) is 5.39. The van der Waals surface area contributed by atoms with E-state index in [2.05, 4.69) is 22.9 Å². The van der Waals surface area contributed by atoms with E-state index < -0.39 is 0 Å². The Hall–Kier alpha value is -0.890. The lowest BCUT2D eigenvalue weighted by molar-refractivity contribution is 0.623. The Kier molecular flexibility index (Phi) is 2.55. The molecule has 14 heavy (non-hydrogen) atoms. The molecule has 0 aromatic heterocycles. The van der Waals surface area contributed by atoms with E-state index in [0.717, 1.165) is 17.2 Å². The van der Waals surface area contributed by atoms with Crippen molar-refractivity contribution in [2.45, 2.75) is 13.3 Å². The van der Waals surface area contributed by atoms with E-state index in [1.807, 2.05) is 24.3 Å². The molecular weight excluding hydrogens is 243 g/mol. The molecule has 0 aliphatic carbocycles. The van der Waals surface area contributed by atoms with Gasteiger partial charge in [-0.1, -0.05) is 31.2 Å². The minimum Gasteiger partial charge on any atom is -0.206 e. The van der Waals surface area contributed by atoms with Crippen molar-refractivity contribution in [1.29, 1.82) is 0 Å². The zero-order chi connectivity index (χ0) is 10.1. The number of hydrogen-bond donors (Lipinski definition) is 0. The standard InChI is InChI=1S/C12H10BrF/c1-2-8-4-3-5-9-6-7-10(14)12(13)11(8)9/h3-7H,2H2,1H3. The van der Waals surface area contributed by atoms with Gasteiger partial charge >= 0.3 is 0 Å². The lowest BCUT2D eigenvalue weighted by atomic mass is 10.0. The van der Waals surface area contributed by atoms with Gasteiger partial charge in [-0.25, -0.2) is 4.39 Å². The molecule has 0 aliphatic rings. The van der Waals surface area contributed by atoms with Crippen LogP contribution in [0.1, 0.15) is 12.5 Å². The molecule has 0 saturated carbocycles. The number of halogens is 2. The second-order valence-corrected chi connectivity index (χ2v) is 4.02. The Morgan fingerprint density at radius 3 is 2.71 bits per heavy atom. The molecule has 0 aliphatic heterocycles. The summed E-state index contributed by atoms with van der Waals surface area (Å²) in [5.74, 6) is -0.196. The fourth-order valence-corrected chi connectivity index (χ4v) is 2.29. The monoisotopic (exact) mass is 252 g/mol. The van der Waals surface area contributed by atoms with Crippen molar-refractivity contribution in [2.24, 2.45) is 0 Å². The molecule has 2 heteroatoms. The highest BCUT2D eigenvalue weighted by atomic mass is 79.9. The third-order valence-corrected chi connectivity index (χ3v) is 3.18. The molecular formula is C12H10BrF. The minimum atomic E-state index is -0.196. The van der Waals surface area contributed by atoms with Crippen LogP contribution < -0.4 is 0 Å². The molecule has 2 aromatic rings. The summed E-state index contributed by atoms with van der Waals surface area (Å²) in [5.41, 5.74) is 1.17. The Labute approximate surface area is 90.9 Å². The van der Waals surface area contributed by atoms with E-state index in [0.29, 0.717) is 4.47 Å². The molecule has 2 aromatic carbocycles. The van der Waals surface area contributed by atoms with Gasteiger partial charge < -0.3 is 0 Å². The third-order valence-electron chi connectivity index (χ3n) is 2.40. The quantitative estimate of drug-likeness (QED) is 0.710. The molecule has 0 unspecified atom stereocenters. The van der Waals surface area contributed by atoms with Crippen molar-refractivity contribution in [1.82, 2.24) is 0 Å². The molecule has 72 valence electrons. The van der Waals surface area contributed by atoms with Crippen LogP contribution in [0.15, 0.2) is 34.8 Å². The van der Waals surface area contributed by atoms with Crippen LogP contribution in [0, 0.1) is 5.82 Å². The number of fused-ring (bicyclic) bond motifs is 1. The highest BCUT2D eigenvalue weighted by Gasteiger charge is 2.07. The maximum atomic E-state index is 13.3. The van der Waals surface area contributed by atoms with Crippen LogP contribution in [0.5, 0.6) is 0 Å². The lowest BCUT2D eigenvalue weighted by Crippen LogP contribution is -1.87. The van der Waals surface area contributed by atoms with E-state index in [4.69, 9.17) is 0 Å². The molecule has 0 fully saturated rings. The highest BCUT2D eigenvalue weighted by Crippen LogP contribution is 2.29. The largest absolute Gasteiger partial charge is 0.206 e. The second-order valence-electron chi connectivity index (χ2n) is 3.23. The van der Waals surface area contributed by atoms with Gasteiger partial charge in [-0.05, 0) is 39.4 Å². The first-order chi connectivity index (χ1) is 6.74. The normalized spacial score (nSPS) is 10.8. The molecule has 0 bridgehead atoms. The van der Waals surface area contributed by atoms with Crippen molar-refractivity contribution in [3.05, 3.63) is 46.2 Å². The van der Waals surface area contributed by atoms with Crippen LogP contribution in [-0.2, 0) is 6.42 Å². The summed E-state index contributed by atoms with van der Waals surface area (Å²) < 4.78 is 13.9. The summed E-state index contributed by atoms with van der Waals surface area (Å²) in [6.07, 6.45) is 0.916. The van der Waals surface area contributed by atoms with Gasteiger partial charge in [0.15, 0.2) is 0 Å². The molecule has 0 spiro atoms. The second kappa shape index (κ2) is 3.70. The van der Waals surface area contributed by atoms with E-state index >= 15 is 0 Å². The maximum Gasteiger partial charge on any atom is 0.138 e. The summed E-state index contributed by atoms with van der Waals surface area (Å²) in [7, 11) is 0. The molecule has 0 atom stereocenters. The first-order valence-electron chi connectivity index (χ1n) is 4.59. The molecule has 0 saturated heterocycles. The maximum absolute atomic E-state index is 13.3. The average molecular weight is 253 g/mol. The van der Waals surface area contributed by atoms with Gasteiger partial charge in [0.2, 0.25) is 0 Å². The van der Waals surface area contributed by atoms with Crippen molar-refractivity contribution >= 4 is 26.7 Å². The SMILES string of the molecule is CCc1cccc2ccc(F)c(Br)c12. The number of hydrogen-bond acceptors (Lipinski definition) is 0. The Morgan fingerprint density at radius 1 is 1.21 bits per heavy atom. The van der Waals surface area contributed by atoms with Crippen molar-refractivity contribution < 1.29 is 4.39 Å². The minimum absolute atomic E-state index is 0.196. The summed E-state index contributed by atoms with van der Waals surface area (Å²) in [6, 6.07) is 9.34. The Bertz CT molecular complexity index is 477. The van der Waals surface area contributed by atoms with Gasteiger partial charge in [0.25, 0.3) is 0 Å². The third kappa shape index (κ3) is 1.44. The predicted octanol–water partition coefficient (Wildman–Crippen LogP) is 4.30. The molecule has 2 rings (SSSR count). The molecule has 0 radical (unpaired) electrons. The van der Waals surface area contributed by atoms with Gasteiger partial charge in [-0.15, -0.1) is 0 Å². The first kappa shape index (κ1) is 9.66. The van der Waals surface area contributed by atoms with E-state index in [1.165, 1.54) is 11.6 Å². The van der Waals surface area contributed by atoms with E-state index in [-0.39, 0.29) is 5.82 Å². The Morgan fingerprint density at radius 2 is 2.00 bits per heavy atom. The van der Waals surface area contributed by atoms with Crippen LogP contribution in [0.25, 0.3) is 10.8 Å². The summed E-state index contributed by atoms with van der Waals surface area (Å²) in [4.78, 5) is 0. The van der Waals surface area contributed by atoms with Gasteiger partial charge in [0.1, 0.15) is 5.82 Å². The number of benzene rings is 2. The van der Waals surface area contributed by atoms with Gasteiger partial charge in [-0.3, -0.25) is 0 Å². The van der Waals surface area contributed by atoms with Crippen LogP contribution in [0.2, 0.25) is 0 Å². The molecule has 0 nitrogen and oxygen atoms in total. The predicted molar refractivity (Wildman–Crippen MR) is 61.0 cm³/mol. The summed E-state index contributed by atoms with van der Waals surface area (Å²) in [6.45, 7) is 2.08. The highest BCUT2D eigenvalue weighted by molar-refractivity contribution is 9.10. The van der Waals surface area contributed by atoms with Gasteiger partial charge in [-0.2, -0.15) is 0 Å². The Balaban J connectivity index is 2.89. The molecule has 0 amide bonds. The van der Waals surface area contributed by atoms with Crippen LogP contribution in [-0.4, -0.2) is 0 Å².